The minimum atomic E-state index is -0.256. The highest BCUT2D eigenvalue weighted by molar-refractivity contribution is 5.35. The summed E-state index contributed by atoms with van der Waals surface area (Å²) in [7, 11) is 0. The van der Waals surface area contributed by atoms with Crippen LogP contribution in [0.15, 0.2) is 60.8 Å². The molecule has 2 aromatic carbocycles. The van der Waals surface area contributed by atoms with E-state index in [1.807, 2.05) is 25.3 Å². The Morgan fingerprint density at radius 2 is 2.04 bits per heavy atom. The molecule has 0 saturated carbocycles. The molecule has 1 fully saturated rings. The van der Waals surface area contributed by atoms with Gasteiger partial charge in [-0.1, -0.05) is 36.4 Å². The fourth-order valence-corrected chi connectivity index (χ4v) is 3.90. The number of rotatable bonds is 6. The van der Waals surface area contributed by atoms with Crippen LogP contribution in [0.4, 0.5) is 4.39 Å². The Morgan fingerprint density at radius 1 is 1.21 bits per heavy atom. The molecule has 0 aliphatic carbocycles. The molecule has 2 heterocycles. The second-order valence-corrected chi connectivity index (χ2v) is 7.38. The Morgan fingerprint density at radius 3 is 2.82 bits per heavy atom. The number of nitrogens with one attached hydrogen (secondary N) is 3. The first-order valence-electron chi connectivity index (χ1n) is 9.70. The second kappa shape index (κ2) is 8.22. The Kier molecular flexibility index (Phi) is 5.52. The number of halogens is 1. The van der Waals surface area contributed by atoms with Crippen LogP contribution in [0.2, 0.25) is 0 Å². The van der Waals surface area contributed by atoms with Crippen molar-refractivity contribution >= 4 is 0 Å². The topological polar surface area (TPSA) is 53.9 Å². The molecule has 1 saturated heterocycles. The Bertz CT molecular complexity index is 924. The van der Waals surface area contributed by atoms with E-state index in [1.165, 1.54) is 17.7 Å². The molecule has 3 atom stereocenters. The third-order valence-electron chi connectivity index (χ3n) is 5.51. The van der Waals surface area contributed by atoms with Crippen molar-refractivity contribution in [1.82, 2.24) is 25.9 Å². The third kappa shape index (κ3) is 3.85. The predicted molar refractivity (Wildman–Crippen MR) is 108 cm³/mol. The van der Waals surface area contributed by atoms with Crippen LogP contribution >= 0.6 is 0 Å². The maximum atomic E-state index is 13.6. The molecule has 3 aromatic rings. The van der Waals surface area contributed by atoms with Crippen molar-refractivity contribution in [2.24, 2.45) is 5.92 Å². The minimum absolute atomic E-state index is 0.152. The summed E-state index contributed by atoms with van der Waals surface area (Å²) in [6.45, 7) is 5.97. The summed E-state index contributed by atoms with van der Waals surface area (Å²) in [6, 6.07) is 17.5. The van der Waals surface area contributed by atoms with Gasteiger partial charge in [-0.2, -0.15) is 5.10 Å². The smallest absolute Gasteiger partial charge is 0.125 e. The number of aromatic nitrogens is 2. The Hall–Kier alpha value is -2.54. The van der Waals surface area contributed by atoms with Gasteiger partial charge in [-0.25, -0.2) is 14.5 Å². The molecule has 1 aliphatic heterocycles. The van der Waals surface area contributed by atoms with Crippen LogP contribution in [0.25, 0.3) is 5.69 Å². The van der Waals surface area contributed by atoms with Crippen molar-refractivity contribution in [3.63, 3.8) is 0 Å². The molecule has 4 rings (SSSR count). The van der Waals surface area contributed by atoms with E-state index in [1.54, 1.807) is 10.7 Å². The van der Waals surface area contributed by atoms with Gasteiger partial charge in [-0.15, -0.1) is 0 Å². The summed E-state index contributed by atoms with van der Waals surface area (Å²) >= 11 is 0. The standard InChI is InChI=1S/C22H26FN5/c1-15(21-14-26-28(16(21)2)20-10-6-9-19(23)11-20)24-12-18-13-25-27-22(18)17-7-4-3-5-8-17/h3-11,14-15,18,22,24-25,27H,12-13H2,1-2H3. The normalized spacial score (nSPS) is 20.4. The molecule has 0 amide bonds. The molecule has 0 spiro atoms. The lowest BCUT2D eigenvalue weighted by Gasteiger charge is -2.22. The van der Waals surface area contributed by atoms with E-state index in [0.29, 0.717) is 5.92 Å². The average molecular weight is 379 g/mol. The van der Waals surface area contributed by atoms with E-state index in [9.17, 15) is 4.39 Å². The number of nitrogens with zero attached hydrogens (tertiary/aromatic N) is 2. The molecular weight excluding hydrogens is 353 g/mol. The molecule has 1 aliphatic rings. The van der Waals surface area contributed by atoms with Crippen molar-refractivity contribution in [1.29, 1.82) is 0 Å². The quantitative estimate of drug-likeness (QED) is 0.614. The fourth-order valence-electron chi connectivity index (χ4n) is 3.90. The van der Waals surface area contributed by atoms with Gasteiger partial charge < -0.3 is 5.32 Å². The van der Waals surface area contributed by atoms with Crippen LogP contribution in [0.1, 0.15) is 35.8 Å². The van der Waals surface area contributed by atoms with E-state index >= 15 is 0 Å². The fraction of sp³-hybridized carbons (Fsp3) is 0.318. The van der Waals surface area contributed by atoms with Gasteiger partial charge in [-0.3, -0.25) is 5.43 Å². The van der Waals surface area contributed by atoms with Crippen LogP contribution in [-0.2, 0) is 0 Å². The van der Waals surface area contributed by atoms with E-state index in [4.69, 9.17) is 0 Å². The molecule has 3 N–H and O–H groups in total. The molecule has 3 unspecified atom stereocenters. The number of hydrogen-bond acceptors (Lipinski definition) is 4. The lowest BCUT2D eigenvalue weighted by atomic mass is 9.94. The average Bonchev–Trinajstić information content (AvgIpc) is 3.33. The highest BCUT2D eigenvalue weighted by Gasteiger charge is 2.28. The molecule has 0 radical (unpaired) electrons. The zero-order chi connectivity index (χ0) is 19.5. The molecule has 5 nitrogen and oxygen atoms in total. The second-order valence-electron chi connectivity index (χ2n) is 7.38. The van der Waals surface area contributed by atoms with Crippen LogP contribution in [0, 0.1) is 18.7 Å². The zero-order valence-corrected chi connectivity index (χ0v) is 16.2. The van der Waals surface area contributed by atoms with Gasteiger partial charge in [0.25, 0.3) is 0 Å². The predicted octanol–water partition coefficient (Wildman–Crippen LogP) is 3.44. The first-order chi connectivity index (χ1) is 13.6. The highest BCUT2D eigenvalue weighted by Crippen LogP contribution is 2.26. The van der Waals surface area contributed by atoms with Crippen LogP contribution < -0.4 is 16.2 Å². The molecule has 28 heavy (non-hydrogen) atoms. The minimum Gasteiger partial charge on any atom is -0.310 e. The number of hydrazine groups is 1. The zero-order valence-electron chi connectivity index (χ0n) is 16.2. The maximum Gasteiger partial charge on any atom is 0.125 e. The van der Waals surface area contributed by atoms with E-state index in [-0.39, 0.29) is 17.9 Å². The molecule has 1 aromatic heterocycles. The maximum absolute atomic E-state index is 13.6. The number of hydrogen-bond donors (Lipinski definition) is 3. The summed E-state index contributed by atoms with van der Waals surface area (Å²) in [6.07, 6.45) is 1.87. The van der Waals surface area contributed by atoms with Gasteiger partial charge in [0.2, 0.25) is 0 Å². The van der Waals surface area contributed by atoms with Crippen molar-refractivity contribution < 1.29 is 4.39 Å². The van der Waals surface area contributed by atoms with Gasteiger partial charge in [0.05, 0.1) is 17.9 Å². The summed E-state index contributed by atoms with van der Waals surface area (Å²) in [5.41, 5.74) is 10.9. The summed E-state index contributed by atoms with van der Waals surface area (Å²) in [5, 5.41) is 8.13. The summed E-state index contributed by atoms with van der Waals surface area (Å²) in [5.74, 6) is 0.191. The van der Waals surface area contributed by atoms with Gasteiger partial charge in [0, 0.05) is 36.3 Å². The van der Waals surface area contributed by atoms with Gasteiger partial charge >= 0.3 is 0 Å². The molecule has 6 heteroatoms. The first-order valence-corrected chi connectivity index (χ1v) is 9.70. The van der Waals surface area contributed by atoms with Crippen molar-refractivity contribution in [2.75, 3.05) is 13.1 Å². The van der Waals surface area contributed by atoms with Crippen molar-refractivity contribution in [3.05, 3.63) is 83.4 Å². The van der Waals surface area contributed by atoms with E-state index in [2.05, 4.69) is 52.5 Å². The first kappa shape index (κ1) is 18.8. The molecule has 0 bridgehead atoms. The monoisotopic (exact) mass is 379 g/mol. The highest BCUT2D eigenvalue weighted by atomic mass is 19.1. The van der Waals surface area contributed by atoms with Crippen molar-refractivity contribution in [2.45, 2.75) is 25.9 Å². The van der Waals surface area contributed by atoms with Crippen LogP contribution in [-0.4, -0.2) is 22.9 Å². The molecule has 146 valence electrons. The Labute approximate surface area is 164 Å². The lowest BCUT2D eigenvalue weighted by Crippen LogP contribution is -2.30. The van der Waals surface area contributed by atoms with E-state index in [0.717, 1.165) is 30.0 Å². The Balaban J connectivity index is 1.44. The van der Waals surface area contributed by atoms with E-state index < -0.39 is 0 Å². The third-order valence-corrected chi connectivity index (χ3v) is 5.51. The van der Waals surface area contributed by atoms with Crippen molar-refractivity contribution in [3.8, 4) is 5.69 Å². The van der Waals surface area contributed by atoms with Crippen LogP contribution in [0.3, 0.4) is 0 Å². The molecular formula is C22H26FN5. The summed E-state index contributed by atoms with van der Waals surface area (Å²) in [4.78, 5) is 0. The summed E-state index contributed by atoms with van der Waals surface area (Å²) < 4.78 is 15.3. The van der Waals surface area contributed by atoms with Gasteiger partial charge in [0.15, 0.2) is 0 Å². The SMILES string of the molecule is Cc1c(C(C)NCC2CNNC2c2ccccc2)cnn1-c1cccc(F)c1. The van der Waals surface area contributed by atoms with Gasteiger partial charge in [0.1, 0.15) is 5.82 Å². The number of benzene rings is 2. The largest absolute Gasteiger partial charge is 0.310 e. The lowest BCUT2D eigenvalue weighted by molar-refractivity contribution is 0.418. The van der Waals surface area contributed by atoms with Crippen LogP contribution in [0.5, 0.6) is 0 Å². The van der Waals surface area contributed by atoms with Gasteiger partial charge in [-0.05, 0) is 37.6 Å².